The molecule has 2 aliphatic rings. The van der Waals surface area contributed by atoms with Crippen LogP contribution in [0.15, 0.2) is 91.0 Å². The van der Waals surface area contributed by atoms with E-state index >= 15 is 0 Å². The number of carbonyl (C=O) groups is 4. The Labute approximate surface area is 275 Å². The third-order valence-corrected chi connectivity index (χ3v) is 9.07. The van der Waals surface area contributed by atoms with Crippen molar-refractivity contribution in [2.45, 2.75) is 31.7 Å². The second-order valence-electron chi connectivity index (χ2n) is 11.4. The van der Waals surface area contributed by atoms with Crippen LogP contribution in [0.3, 0.4) is 0 Å². The predicted octanol–water partition coefficient (Wildman–Crippen LogP) is 2.96. The van der Waals surface area contributed by atoms with E-state index in [1.807, 2.05) is 48.5 Å². The zero-order chi connectivity index (χ0) is 32.9. The van der Waals surface area contributed by atoms with Crippen LogP contribution in [0.1, 0.15) is 16.7 Å². The van der Waals surface area contributed by atoms with Crippen LogP contribution in [-0.2, 0) is 33.9 Å². The summed E-state index contributed by atoms with van der Waals surface area (Å²) in [4.78, 5) is 61.6. The summed E-state index contributed by atoms with van der Waals surface area (Å²) in [6, 6.07) is 21.0. The summed E-state index contributed by atoms with van der Waals surface area (Å²) < 4.78 is 1.01. The lowest BCUT2D eigenvalue weighted by atomic mass is 9.98. The van der Waals surface area contributed by atoms with Gasteiger partial charge in [0.15, 0.2) is 0 Å². The molecule has 2 fully saturated rings. The van der Waals surface area contributed by atoms with E-state index in [-0.39, 0.29) is 51.0 Å². The van der Waals surface area contributed by atoms with Crippen LogP contribution >= 0.6 is 11.3 Å². The highest BCUT2D eigenvalue weighted by atomic mass is 32.1. The van der Waals surface area contributed by atoms with Crippen LogP contribution in [0.25, 0.3) is 10.2 Å². The molecule has 2 aliphatic heterocycles. The number of anilines is 1. The Morgan fingerprint density at radius 1 is 1.02 bits per heavy atom. The van der Waals surface area contributed by atoms with E-state index in [4.69, 9.17) is 5.11 Å². The van der Waals surface area contributed by atoms with Crippen LogP contribution in [-0.4, -0.2) is 92.1 Å². The second kappa shape index (κ2) is 14.1. The monoisotopic (exact) mass is 653 g/mol. The minimum absolute atomic E-state index is 0.0973. The minimum atomic E-state index is -0.899. The molecule has 47 heavy (non-hydrogen) atoms. The Morgan fingerprint density at radius 3 is 2.55 bits per heavy atom. The van der Waals surface area contributed by atoms with Gasteiger partial charge < -0.3 is 25.5 Å². The first-order chi connectivity index (χ1) is 22.9. The minimum Gasteiger partial charge on any atom is -0.387 e. The van der Waals surface area contributed by atoms with E-state index in [0.29, 0.717) is 5.69 Å². The molecule has 3 N–H and O–H groups in total. The number of aliphatic hydroxyl groups is 1. The quantitative estimate of drug-likeness (QED) is 0.224. The molecule has 242 valence electrons. The molecule has 5 amide bonds. The molecule has 0 spiro atoms. The van der Waals surface area contributed by atoms with Crippen molar-refractivity contribution in [2.75, 3.05) is 31.6 Å². The molecule has 3 heterocycles. The molecule has 4 aromatic rings. The van der Waals surface area contributed by atoms with Crippen molar-refractivity contribution in [2.24, 2.45) is 0 Å². The Kier molecular flexibility index (Phi) is 9.57. The molecule has 1 aromatic heterocycles. The highest BCUT2D eigenvalue weighted by Crippen LogP contribution is 2.31. The highest BCUT2D eigenvalue weighted by Gasteiger charge is 2.51. The zero-order valence-corrected chi connectivity index (χ0v) is 26.4. The topological polar surface area (TPSA) is 138 Å². The largest absolute Gasteiger partial charge is 0.387 e. The van der Waals surface area contributed by atoms with Crippen molar-refractivity contribution in [1.29, 1.82) is 0 Å². The first-order valence-corrected chi connectivity index (χ1v) is 16.1. The Bertz CT molecular complexity index is 1780. The Balaban J connectivity index is 1.34. The van der Waals surface area contributed by atoms with Crippen LogP contribution in [0.2, 0.25) is 0 Å². The van der Waals surface area contributed by atoms with Gasteiger partial charge in [-0.3, -0.25) is 14.4 Å². The number of urea groups is 1. The summed E-state index contributed by atoms with van der Waals surface area (Å²) in [6.45, 7) is 4.00. The molecule has 0 radical (unpaired) electrons. The number of rotatable bonds is 10. The van der Waals surface area contributed by atoms with Gasteiger partial charge in [0.1, 0.15) is 18.8 Å². The Hall–Kier alpha value is -5.11. The number of nitrogens with zero attached hydrogens (tertiary/aromatic N) is 5. The third-order valence-electron chi connectivity index (χ3n) is 8.28. The van der Waals surface area contributed by atoms with Crippen molar-refractivity contribution < 1.29 is 24.3 Å². The number of carbonyl (C=O) groups excluding carboxylic acids is 4. The summed E-state index contributed by atoms with van der Waals surface area (Å²) in [7, 11) is 0. The van der Waals surface area contributed by atoms with E-state index in [1.165, 1.54) is 11.3 Å². The molecular weight excluding hydrogens is 618 g/mol. The SMILES string of the molecule is C=CCN1CC(=O)N2[C@@H](Cc3ccc(NC(=O)CO)cc3)C(=O)N(Cc3cccc4scnc34)C[C@@H]2N1C(=O)NCc1ccccc1. The van der Waals surface area contributed by atoms with Gasteiger partial charge in [0, 0.05) is 31.7 Å². The first kappa shape index (κ1) is 31.9. The van der Waals surface area contributed by atoms with Crippen molar-refractivity contribution in [3.05, 3.63) is 108 Å². The molecule has 3 aromatic carbocycles. The van der Waals surface area contributed by atoms with Gasteiger partial charge in [0.25, 0.3) is 0 Å². The smallest absolute Gasteiger partial charge is 0.334 e. The summed E-state index contributed by atoms with van der Waals surface area (Å²) >= 11 is 1.52. The average molecular weight is 654 g/mol. The number of benzene rings is 3. The predicted molar refractivity (Wildman–Crippen MR) is 178 cm³/mol. The van der Waals surface area contributed by atoms with Gasteiger partial charge in [0.05, 0.1) is 28.8 Å². The average Bonchev–Trinajstić information content (AvgIpc) is 3.57. The van der Waals surface area contributed by atoms with Gasteiger partial charge in [-0.15, -0.1) is 17.9 Å². The molecule has 2 saturated heterocycles. The van der Waals surface area contributed by atoms with Gasteiger partial charge in [0.2, 0.25) is 17.7 Å². The van der Waals surface area contributed by atoms with Gasteiger partial charge in [-0.05, 0) is 34.9 Å². The number of hydrazine groups is 1. The fourth-order valence-electron chi connectivity index (χ4n) is 6.12. The summed E-state index contributed by atoms with van der Waals surface area (Å²) in [5.41, 5.74) is 5.64. The van der Waals surface area contributed by atoms with E-state index < -0.39 is 30.8 Å². The van der Waals surface area contributed by atoms with E-state index in [9.17, 15) is 19.2 Å². The maximum Gasteiger partial charge on any atom is 0.334 e. The van der Waals surface area contributed by atoms with Crippen molar-refractivity contribution >= 4 is 51.0 Å². The van der Waals surface area contributed by atoms with E-state index in [2.05, 4.69) is 22.2 Å². The number of piperazine rings is 1. The van der Waals surface area contributed by atoms with Crippen LogP contribution in [0.5, 0.6) is 0 Å². The van der Waals surface area contributed by atoms with E-state index in [0.717, 1.165) is 26.9 Å². The summed E-state index contributed by atoms with van der Waals surface area (Å²) in [5.74, 6) is -1.04. The van der Waals surface area contributed by atoms with Crippen molar-refractivity contribution in [3.8, 4) is 0 Å². The summed E-state index contributed by atoms with van der Waals surface area (Å²) in [6.07, 6.45) is 1.05. The van der Waals surface area contributed by atoms with Crippen LogP contribution in [0, 0.1) is 0 Å². The molecular formula is C34H35N7O5S. The normalized spacial score (nSPS) is 18.3. The molecule has 0 bridgehead atoms. The van der Waals surface area contributed by atoms with Crippen molar-refractivity contribution in [1.82, 2.24) is 30.1 Å². The molecule has 0 unspecified atom stereocenters. The number of aromatic nitrogens is 1. The lowest BCUT2D eigenvalue weighted by molar-refractivity contribution is -0.189. The number of hydrogen-bond acceptors (Lipinski definition) is 8. The number of thiazole rings is 1. The van der Waals surface area contributed by atoms with Gasteiger partial charge in [-0.2, -0.15) is 0 Å². The number of fused-ring (bicyclic) bond motifs is 2. The van der Waals surface area contributed by atoms with Gasteiger partial charge in [-0.1, -0.05) is 60.7 Å². The summed E-state index contributed by atoms with van der Waals surface area (Å²) in [5, 5.41) is 17.9. The fraction of sp³-hybridized carbons (Fsp3) is 0.265. The maximum atomic E-state index is 14.3. The molecule has 0 aliphatic carbocycles. The number of para-hydroxylation sites is 1. The molecule has 0 saturated carbocycles. The maximum absolute atomic E-state index is 14.3. The molecule has 2 atom stereocenters. The molecule has 12 nitrogen and oxygen atoms in total. The van der Waals surface area contributed by atoms with Crippen LogP contribution < -0.4 is 10.6 Å². The van der Waals surface area contributed by atoms with Crippen molar-refractivity contribution in [3.63, 3.8) is 0 Å². The number of aliphatic hydroxyl groups excluding tert-OH is 1. The fourth-order valence-corrected chi connectivity index (χ4v) is 6.85. The first-order valence-electron chi connectivity index (χ1n) is 15.2. The number of nitrogens with one attached hydrogen (secondary N) is 2. The zero-order valence-electron chi connectivity index (χ0n) is 25.6. The van der Waals surface area contributed by atoms with Gasteiger partial charge >= 0.3 is 6.03 Å². The number of hydrogen-bond donors (Lipinski definition) is 3. The van der Waals surface area contributed by atoms with E-state index in [1.54, 1.807) is 55.7 Å². The standard InChI is InChI=1S/C34H35N7O5S/c1-2-15-39-20-31(44)40-27(16-23-11-13-26(14-12-23)37-29(43)21-42)33(45)38(18-25-9-6-10-28-32(25)36-22-47-28)19-30(40)41(39)34(46)35-17-24-7-4-3-5-8-24/h2-14,22,27,30,42H,1,15-21H2,(H,35,46)(H,37,43)/t27-,30-/m0/s1. The third kappa shape index (κ3) is 6.87. The van der Waals surface area contributed by atoms with Gasteiger partial charge in [-0.25, -0.2) is 19.8 Å². The Morgan fingerprint density at radius 2 is 1.81 bits per heavy atom. The lowest BCUT2D eigenvalue weighted by Gasteiger charge is -2.55. The number of amides is 5. The lowest BCUT2D eigenvalue weighted by Crippen LogP contribution is -2.76. The second-order valence-corrected chi connectivity index (χ2v) is 12.3. The highest BCUT2D eigenvalue weighted by molar-refractivity contribution is 7.16. The molecule has 6 rings (SSSR count). The van der Waals surface area contributed by atoms with Crippen LogP contribution in [0.4, 0.5) is 10.5 Å². The molecule has 13 heteroatoms.